The van der Waals surface area contributed by atoms with Gasteiger partial charge < -0.3 is 10.4 Å². The third-order valence-electron chi connectivity index (χ3n) is 2.37. The average Bonchev–Trinajstić information content (AvgIpc) is 2.28. The average molecular weight is 254 g/mol. The van der Waals surface area contributed by atoms with Gasteiger partial charge in [-0.25, -0.2) is 4.98 Å². The van der Waals surface area contributed by atoms with E-state index in [0.717, 1.165) is 18.0 Å². The van der Waals surface area contributed by atoms with E-state index in [1.165, 1.54) is 5.56 Å². The van der Waals surface area contributed by atoms with Crippen LogP contribution in [0.3, 0.4) is 0 Å². The summed E-state index contributed by atoms with van der Waals surface area (Å²) in [5.41, 5.74) is 1.21. The quantitative estimate of drug-likeness (QED) is 0.734. The molecule has 0 aliphatic heterocycles. The summed E-state index contributed by atoms with van der Waals surface area (Å²) in [6.45, 7) is 7.48. The number of aliphatic hydroxyl groups is 1. The highest BCUT2D eigenvalue weighted by Crippen LogP contribution is 2.22. The van der Waals surface area contributed by atoms with Crippen molar-refractivity contribution in [2.45, 2.75) is 50.1 Å². The molecule has 4 heteroatoms. The van der Waals surface area contributed by atoms with E-state index in [4.69, 9.17) is 5.11 Å². The van der Waals surface area contributed by atoms with Gasteiger partial charge in [0.1, 0.15) is 0 Å². The number of aliphatic hydroxyl groups excluding tert-OH is 1. The maximum atomic E-state index is 8.84. The van der Waals surface area contributed by atoms with Crippen LogP contribution in [0.1, 0.15) is 32.8 Å². The molecule has 0 radical (unpaired) electrons. The minimum atomic E-state index is 0.241. The van der Waals surface area contributed by atoms with E-state index < -0.39 is 0 Å². The lowest BCUT2D eigenvalue weighted by atomic mass is 10.2. The third kappa shape index (κ3) is 6.05. The molecule has 1 aromatic rings. The van der Waals surface area contributed by atoms with Crippen LogP contribution in [-0.4, -0.2) is 28.0 Å². The van der Waals surface area contributed by atoms with Crippen molar-refractivity contribution in [1.82, 2.24) is 10.3 Å². The van der Waals surface area contributed by atoms with Gasteiger partial charge in [-0.3, -0.25) is 0 Å². The summed E-state index contributed by atoms with van der Waals surface area (Å²) in [5, 5.41) is 13.6. The second-order valence-electron chi connectivity index (χ2n) is 4.48. The van der Waals surface area contributed by atoms with Gasteiger partial charge in [-0.1, -0.05) is 26.8 Å². The van der Waals surface area contributed by atoms with Crippen molar-refractivity contribution in [3.8, 4) is 0 Å². The van der Waals surface area contributed by atoms with Crippen molar-refractivity contribution < 1.29 is 5.11 Å². The Morgan fingerprint density at radius 1 is 1.35 bits per heavy atom. The van der Waals surface area contributed by atoms with E-state index in [-0.39, 0.29) is 6.61 Å². The first-order chi connectivity index (χ1) is 8.11. The maximum Gasteiger partial charge on any atom is 0.0962 e. The first-order valence-electron chi connectivity index (χ1n) is 6.07. The Bertz CT molecular complexity index is 314. The molecule has 0 fully saturated rings. The molecule has 0 saturated heterocycles. The van der Waals surface area contributed by atoms with Crippen molar-refractivity contribution in [1.29, 1.82) is 0 Å². The highest BCUT2D eigenvalue weighted by molar-refractivity contribution is 7.99. The van der Waals surface area contributed by atoms with E-state index in [1.54, 1.807) is 11.8 Å². The predicted molar refractivity (Wildman–Crippen MR) is 73.2 cm³/mol. The maximum absolute atomic E-state index is 8.84. The van der Waals surface area contributed by atoms with Crippen LogP contribution in [-0.2, 0) is 6.54 Å². The van der Waals surface area contributed by atoms with Gasteiger partial charge >= 0.3 is 0 Å². The van der Waals surface area contributed by atoms with E-state index in [2.05, 4.69) is 43.2 Å². The number of nitrogens with one attached hydrogen (secondary N) is 1. The van der Waals surface area contributed by atoms with E-state index >= 15 is 0 Å². The minimum absolute atomic E-state index is 0.241. The molecule has 1 rings (SSSR count). The Hall–Kier alpha value is -0.580. The molecule has 3 nitrogen and oxygen atoms in total. The summed E-state index contributed by atoms with van der Waals surface area (Å²) in [7, 11) is 0. The molecule has 0 spiro atoms. The predicted octanol–water partition coefficient (Wildman–Crippen LogP) is 2.44. The lowest BCUT2D eigenvalue weighted by Crippen LogP contribution is -2.21. The number of pyridine rings is 1. The van der Waals surface area contributed by atoms with Crippen LogP contribution in [0.25, 0.3) is 0 Å². The van der Waals surface area contributed by atoms with E-state index in [0.29, 0.717) is 11.3 Å². The van der Waals surface area contributed by atoms with Gasteiger partial charge in [-0.05, 0) is 18.1 Å². The van der Waals surface area contributed by atoms with Crippen LogP contribution in [0.4, 0.5) is 0 Å². The normalized spacial score (nSPS) is 13.0. The lowest BCUT2D eigenvalue weighted by molar-refractivity contribution is 0.289. The van der Waals surface area contributed by atoms with Gasteiger partial charge in [0.25, 0.3) is 0 Å². The second-order valence-corrected chi connectivity index (χ2v) is 5.94. The summed E-state index contributed by atoms with van der Waals surface area (Å²) < 4.78 is 0. The Kier molecular flexibility index (Phi) is 6.55. The standard InChI is InChI=1S/C13H22N2OS/c1-10(2)14-8-12-4-5-13(15-9-12)17-11(3)6-7-16/h4-5,9-11,14,16H,6-8H2,1-3H3. The van der Waals surface area contributed by atoms with Gasteiger partial charge in [0.2, 0.25) is 0 Å². The number of aromatic nitrogens is 1. The van der Waals surface area contributed by atoms with Crippen LogP contribution < -0.4 is 5.32 Å². The summed E-state index contributed by atoms with van der Waals surface area (Å²) in [6, 6.07) is 4.65. The molecular formula is C13H22N2OS. The van der Waals surface area contributed by atoms with E-state index in [1.807, 2.05) is 6.20 Å². The Balaban J connectivity index is 2.44. The topological polar surface area (TPSA) is 45.1 Å². The number of nitrogens with zero attached hydrogens (tertiary/aromatic N) is 1. The first-order valence-corrected chi connectivity index (χ1v) is 6.95. The fraction of sp³-hybridized carbons (Fsp3) is 0.615. The fourth-order valence-corrected chi connectivity index (χ4v) is 2.25. The monoisotopic (exact) mass is 254 g/mol. The van der Waals surface area contributed by atoms with Crippen LogP contribution in [0.5, 0.6) is 0 Å². The molecule has 2 N–H and O–H groups in total. The van der Waals surface area contributed by atoms with Crippen LogP contribution >= 0.6 is 11.8 Å². The van der Waals surface area contributed by atoms with Crippen LogP contribution in [0, 0.1) is 0 Å². The zero-order valence-electron chi connectivity index (χ0n) is 10.8. The lowest BCUT2D eigenvalue weighted by Gasteiger charge is -2.10. The molecule has 1 heterocycles. The summed E-state index contributed by atoms with van der Waals surface area (Å²) in [4.78, 5) is 4.42. The largest absolute Gasteiger partial charge is 0.396 e. The summed E-state index contributed by atoms with van der Waals surface area (Å²) in [6.07, 6.45) is 2.73. The Labute approximate surface area is 108 Å². The molecule has 1 aromatic heterocycles. The van der Waals surface area contributed by atoms with Crippen molar-refractivity contribution in [3.63, 3.8) is 0 Å². The molecular weight excluding hydrogens is 232 g/mol. The van der Waals surface area contributed by atoms with Crippen LogP contribution in [0.2, 0.25) is 0 Å². The van der Waals surface area contributed by atoms with Crippen molar-refractivity contribution in [3.05, 3.63) is 23.9 Å². The molecule has 0 saturated carbocycles. The van der Waals surface area contributed by atoms with E-state index in [9.17, 15) is 0 Å². The van der Waals surface area contributed by atoms with Crippen molar-refractivity contribution in [2.75, 3.05) is 6.61 Å². The van der Waals surface area contributed by atoms with Gasteiger partial charge in [-0.2, -0.15) is 0 Å². The van der Waals surface area contributed by atoms with Gasteiger partial charge in [0.05, 0.1) is 5.03 Å². The zero-order chi connectivity index (χ0) is 12.7. The summed E-state index contributed by atoms with van der Waals surface area (Å²) in [5.74, 6) is 0. The second kappa shape index (κ2) is 7.69. The van der Waals surface area contributed by atoms with Gasteiger partial charge in [-0.15, -0.1) is 11.8 Å². The number of rotatable bonds is 7. The smallest absolute Gasteiger partial charge is 0.0962 e. The number of thioether (sulfide) groups is 1. The van der Waals surface area contributed by atoms with Gasteiger partial charge in [0.15, 0.2) is 0 Å². The first kappa shape index (κ1) is 14.5. The fourth-order valence-electron chi connectivity index (χ4n) is 1.35. The molecule has 1 atom stereocenters. The molecule has 0 aliphatic rings. The molecule has 0 aliphatic carbocycles. The highest BCUT2D eigenvalue weighted by atomic mass is 32.2. The molecule has 1 unspecified atom stereocenters. The Morgan fingerprint density at radius 2 is 2.12 bits per heavy atom. The van der Waals surface area contributed by atoms with Crippen molar-refractivity contribution >= 4 is 11.8 Å². The van der Waals surface area contributed by atoms with Gasteiger partial charge in [0, 0.05) is 30.6 Å². The number of hydrogen-bond donors (Lipinski definition) is 2. The molecule has 0 aromatic carbocycles. The van der Waals surface area contributed by atoms with Crippen molar-refractivity contribution in [2.24, 2.45) is 0 Å². The Morgan fingerprint density at radius 3 is 2.65 bits per heavy atom. The highest BCUT2D eigenvalue weighted by Gasteiger charge is 2.04. The third-order valence-corrected chi connectivity index (χ3v) is 3.49. The molecule has 96 valence electrons. The molecule has 17 heavy (non-hydrogen) atoms. The summed E-state index contributed by atoms with van der Waals surface area (Å²) >= 11 is 1.71. The minimum Gasteiger partial charge on any atom is -0.396 e. The van der Waals surface area contributed by atoms with Crippen LogP contribution in [0.15, 0.2) is 23.4 Å². The zero-order valence-corrected chi connectivity index (χ0v) is 11.6. The molecule has 0 bridgehead atoms. The number of hydrogen-bond acceptors (Lipinski definition) is 4. The molecule has 0 amide bonds. The SMILES string of the molecule is CC(C)NCc1ccc(SC(C)CCO)nc1.